The second kappa shape index (κ2) is 6.90. The van der Waals surface area contributed by atoms with Crippen molar-refractivity contribution in [2.75, 3.05) is 31.2 Å². The zero-order valence-corrected chi connectivity index (χ0v) is 15.5. The number of aliphatic hydroxyl groups is 1. The molecule has 2 aliphatic heterocycles. The van der Waals surface area contributed by atoms with Crippen LogP contribution in [0.1, 0.15) is 6.42 Å². The molecule has 27 heavy (non-hydrogen) atoms. The van der Waals surface area contributed by atoms with E-state index >= 15 is 0 Å². The highest BCUT2D eigenvalue weighted by Gasteiger charge is 2.32. The fourth-order valence-corrected chi connectivity index (χ4v) is 4.52. The molecule has 0 unspecified atom stereocenters. The number of rotatable bonds is 3. The summed E-state index contributed by atoms with van der Waals surface area (Å²) in [7, 11) is 0. The number of hydrogen-bond acceptors (Lipinski definition) is 7. The number of fused-ring (bicyclic) bond motifs is 2. The third-order valence-electron chi connectivity index (χ3n) is 4.88. The van der Waals surface area contributed by atoms with Crippen molar-refractivity contribution in [2.45, 2.75) is 18.6 Å². The van der Waals surface area contributed by atoms with Gasteiger partial charge >= 0.3 is 0 Å². The van der Waals surface area contributed by atoms with Crippen LogP contribution in [-0.2, 0) is 0 Å². The van der Waals surface area contributed by atoms with Crippen molar-refractivity contribution < 1.29 is 19.3 Å². The number of nitrogens with zero attached hydrogens (tertiary/aromatic N) is 2. The normalized spacial score (nSPS) is 22.0. The van der Waals surface area contributed by atoms with Crippen molar-refractivity contribution in [3.8, 4) is 17.2 Å². The van der Waals surface area contributed by atoms with Crippen molar-refractivity contribution in [1.82, 2.24) is 4.98 Å². The van der Waals surface area contributed by atoms with Crippen LogP contribution >= 0.6 is 11.3 Å². The number of benzene rings is 2. The summed E-state index contributed by atoms with van der Waals surface area (Å²) in [4.78, 5) is 6.83. The van der Waals surface area contributed by atoms with E-state index in [1.54, 1.807) is 11.3 Å². The molecule has 1 N–H and O–H groups in total. The molecule has 3 aromatic rings. The number of thiazole rings is 1. The number of aliphatic hydroxyl groups excluding tert-OH is 1. The van der Waals surface area contributed by atoms with Crippen molar-refractivity contribution in [1.29, 1.82) is 0 Å². The van der Waals surface area contributed by atoms with Gasteiger partial charge in [-0.1, -0.05) is 29.5 Å². The van der Waals surface area contributed by atoms with Crippen LogP contribution < -0.4 is 19.1 Å². The lowest BCUT2D eigenvalue weighted by atomic mass is 10.1. The summed E-state index contributed by atoms with van der Waals surface area (Å²) in [5.74, 6) is 1.95. The Kier molecular flexibility index (Phi) is 4.26. The quantitative estimate of drug-likeness (QED) is 0.749. The Morgan fingerprint density at radius 3 is 2.89 bits per heavy atom. The average molecular weight is 384 g/mol. The van der Waals surface area contributed by atoms with E-state index in [0.717, 1.165) is 21.9 Å². The van der Waals surface area contributed by atoms with Gasteiger partial charge in [-0.15, -0.1) is 0 Å². The molecule has 3 heterocycles. The van der Waals surface area contributed by atoms with Crippen molar-refractivity contribution in [3.05, 3.63) is 42.5 Å². The number of hydrogen-bond donors (Lipinski definition) is 1. The summed E-state index contributed by atoms with van der Waals surface area (Å²) < 4.78 is 18.6. The molecule has 0 radical (unpaired) electrons. The van der Waals surface area contributed by atoms with Gasteiger partial charge in [0.2, 0.25) is 5.75 Å². The van der Waals surface area contributed by atoms with E-state index in [-0.39, 0.29) is 6.10 Å². The topological polar surface area (TPSA) is 64.1 Å². The first-order valence-electron chi connectivity index (χ1n) is 9.12. The van der Waals surface area contributed by atoms with Crippen molar-refractivity contribution in [2.24, 2.45) is 0 Å². The lowest BCUT2D eigenvalue weighted by Crippen LogP contribution is -2.49. The maximum Gasteiger partial charge on any atom is 0.203 e. The molecule has 0 bridgehead atoms. The van der Waals surface area contributed by atoms with Crippen LogP contribution in [0, 0.1) is 0 Å². The summed E-state index contributed by atoms with van der Waals surface area (Å²) in [6.07, 6.45) is -0.180. The van der Waals surface area contributed by atoms with Gasteiger partial charge in [-0.25, -0.2) is 4.98 Å². The minimum Gasteiger partial charge on any atom is -0.486 e. The number of piperidine rings is 1. The van der Waals surface area contributed by atoms with Crippen LogP contribution in [0.2, 0.25) is 0 Å². The van der Waals surface area contributed by atoms with Crippen LogP contribution in [-0.4, -0.2) is 48.6 Å². The van der Waals surface area contributed by atoms with Crippen LogP contribution in [0.5, 0.6) is 17.2 Å². The number of para-hydroxylation sites is 2. The monoisotopic (exact) mass is 384 g/mol. The second-order valence-electron chi connectivity index (χ2n) is 6.70. The number of ether oxygens (including phenoxy) is 3. The van der Waals surface area contributed by atoms with Crippen LogP contribution in [0.25, 0.3) is 10.2 Å². The first-order chi connectivity index (χ1) is 13.3. The Morgan fingerprint density at radius 2 is 2.00 bits per heavy atom. The van der Waals surface area contributed by atoms with Crippen LogP contribution in [0.15, 0.2) is 42.5 Å². The average Bonchev–Trinajstić information content (AvgIpc) is 3.14. The van der Waals surface area contributed by atoms with Gasteiger partial charge in [-0.2, -0.15) is 0 Å². The predicted molar refractivity (Wildman–Crippen MR) is 104 cm³/mol. The first-order valence-corrected chi connectivity index (χ1v) is 9.93. The molecule has 6 nitrogen and oxygen atoms in total. The standard InChI is InChI=1S/C20H20N2O4S/c23-14-12-22(20-21-13-4-1-2-7-18(13)27-20)9-8-15(14)26-17-6-3-5-16-19(17)25-11-10-24-16/h1-7,14-15,23H,8-12H2/t14-,15-/m1/s1. The second-order valence-corrected chi connectivity index (χ2v) is 7.71. The fraction of sp³-hybridized carbons (Fsp3) is 0.350. The molecule has 1 fully saturated rings. The highest BCUT2D eigenvalue weighted by atomic mass is 32.1. The smallest absolute Gasteiger partial charge is 0.203 e. The molecule has 2 aliphatic rings. The van der Waals surface area contributed by atoms with E-state index in [9.17, 15) is 5.11 Å². The molecular weight excluding hydrogens is 364 g/mol. The lowest BCUT2D eigenvalue weighted by Gasteiger charge is -2.36. The highest BCUT2D eigenvalue weighted by molar-refractivity contribution is 7.22. The molecular formula is C20H20N2O4S. The maximum atomic E-state index is 10.7. The Balaban J connectivity index is 1.30. The van der Waals surface area contributed by atoms with Crippen LogP contribution in [0.4, 0.5) is 5.13 Å². The van der Waals surface area contributed by atoms with E-state index in [1.807, 2.05) is 36.4 Å². The fourth-order valence-electron chi connectivity index (χ4n) is 3.52. The zero-order chi connectivity index (χ0) is 18.2. The molecule has 1 aromatic heterocycles. The third kappa shape index (κ3) is 3.17. The Bertz CT molecular complexity index is 927. The lowest BCUT2D eigenvalue weighted by molar-refractivity contribution is 0.0211. The largest absolute Gasteiger partial charge is 0.486 e. The summed E-state index contributed by atoms with van der Waals surface area (Å²) in [6, 6.07) is 13.7. The predicted octanol–water partition coefficient (Wildman–Crippen LogP) is 3.09. The van der Waals surface area contributed by atoms with E-state index in [4.69, 9.17) is 19.2 Å². The molecule has 2 aromatic carbocycles. The van der Waals surface area contributed by atoms with E-state index < -0.39 is 6.10 Å². The van der Waals surface area contributed by atoms with Gasteiger partial charge in [0.25, 0.3) is 0 Å². The molecule has 7 heteroatoms. The van der Waals surface area contributed by atoms with Gasteiger partial charge in [0, 0.05) is 19.5 Å². The molecule has 0 saturated carbocycles. The SMILES string of the molecule is O[C@@H]1CN(c2nc3ccccc3s2)CC[C@H]1Oc1cccc2c1OCCO2. The van der Waals surface area contributed by atoms with Crippen LogP contribution in [0.3, 0.4) is 0 Å². The van der Waals surface area contributed by atoms with E-state index in [1.165, 1.54) is 0 Å². The van der Waals surface area contributed by atoms with Gasteiger partial charge in [0.1, 0.15) is 25.4 Å². The van der Waals surface area contributed by atoms with Crippen molar-refractivity contribution in [3.63, 3.8) is 0 Å². The third-order valence-corrected chi connectivity index (χ3v) is 5.98. The summed E-state index contributed by atoms with van der Waals surface area (Å²) >= 11 is 1.66. The molecule has 1 saturated heterocycles. The molecule has 5 rings (SSSR count). The van der Waals surface area contributed by atoms with E-state index in [0.29, 0.717) is 43.4 Å². The molecule has 0 spiro atoms. The molecule has 2 atom stereocenters. The minimum atomic E-state index is -0.605. The number of aromatic nitrogens is 1. The zero-order valence-electron chi connectivity index (χ0n) is 14.7. The number of β-amino-alcohol motifs (C(OH)–C–C–N with tert-alkyl or cyclic N) is 1. The summed E-state index contributed by atoms with van der Waals surface area (Å²) in [5, 5.41) is 11.6. The van der Waals surface area contributed by atoms with E-state index in [2.05, 4.69) is 11.0 Å². The van der Waals surface area contributed by atoms with Gasteiger partial charge in [-0.05, 0) is 24.3 Å². The highest BCUT2D eigenvalue weighted by Crippen LogP contribution is 2.40. The molecule has 140 valence electrons. The Labute approximate surface area is 160 Å². The molecule has 0 aliphatic carbocycles. The summed E-state index contributed by atoms with van der Waals surface area (Å²) in [5.41, 5.74) is 0.999. The Hall–Kier alpha value is -2.51. The Morgan fingerprint density at radius 1 is 1.11 bits per heavy atom. The van der Waals surface area contributed by atoms with Gasteiger partial charge < -0.3 is 24.2 Å². The number of anilines is 1. The first kappa shape index (κ1) is 16.6. The minimum absolute atomic E-state index is 0.285. The van der Waals surface area contributed by atoms with Gasteiger partial charge in [0.05, 0.1) is 10.2 Å². The van der Waals surface area contributed by atoms with Gasteiger partial charge in [-0.3, -0.25) is 0 Å². The molecule has 0 amide bonds. The van der Waals surface area contributed by atoms with Gasteiger partial charge in [0.15, 0.2) is 16.6 Å². The summed E-state index contributed by atoms with van der Waals surface area (Å²) in [6.45, 7) is 2.33. The van der Waals surface area contributed by atoms with Crippen molar-refractivity contribution >= 4 is 26.7 Å². The maximum absolute atomic E-state index is 10.7.